The Hall–Kier alpha value is -3.34. The molecule has 0 atom stereocenters. The molecule has 0 amide bonds. The highest BCUT2D eigenvalue weighted by Gasteiger charge is 2.19. The van der Waals surface area contributed by atoms with E-state index < -0.39 is 0 Å². The second-order valence-corrected chi connectivity index (χ2v) is 6.74. The maximum Gasteiger partial charge on any atom is 0.221 e. The van der Waals surface area contributed by atoms with E-state index in [0.717, 1.165) is 64.3 Å². The van der Waals surface area contributed by atoms with Gasteiger partial charge in [0.15, 0.2) is 5.76 Å². The fraction of sp³-hybridized carbons (Fsp3) is 0.217. The van der Waals surface area contributed by atoms with Crippen LogP contribution in [0.1, 0.15) is 25.3 Å². The third kappa shape index (κ3) is 3.43. The van der Waals surface area contributed by atoms with Gasteiger partial charge in [-0.25, -0.2) is 9.97 Å². The smallest absolute Gasteiger partial charge is 0.221 e. The van der Waals surface area contributed by atoms with Gasteiger partial charge in [-0.1, -0.05) is 31.5 Å². The number of hydrogen-bond acceptors (Lipinski definition) is 5. The van der Waals surface area contributed by atoms with E-state index in [2.05, 4.69) is 16.9 Å². The number of fused-ring (bicyclic) bond motifs is 1. The summed E-state index contributed by atoms with van der Waals surface area (Å²) in [5.41, 5.74) is 10.6. The molecule has 5 nitrogen and oxygen atoms in total. The standard InChI is InChI=1S/C23H23N3O2/c1-3-4-8-18-21(15-10-12-17(27-2)13-11-15)25-23(24)26-22(18)20-14-16-7-5-6-9-19(16)28-20/h5-7,9-14H,3-4,8H2,1-2H3,(H2,24,25,26). The summed E-state index contributed by atoms with van der Waals surface area (Å²) in [6, 6.07) is 17.8. The topological polar surface area (TPSA) is 74.2 Å². The lowest BCUT2D eigenvalue weighted by atomic mass is 9.98. The van der Waals surface area contributed by atoms with Crippen molar-refractivity contribution in [3.8, 4) is 28.5 Å². The number of furan rings is 1. The van der Waals surface area contributed by atoms with E-state index in [4.69, 9.17) is 14.9 Å². The molecule has 28 heavy (non-hydrogen) atoms. The van der Waals surface area contributed by atoms with Crippen molar-refractivity contribution < 1.29 is 9.15 Å². The molecular formula is C23H23N3O2. The number of nitrogen functional groups attached to an aromatic ring is 1. The number of nitrogens with two attached hydrogens (primary N) is 1. The minimum absolute atomic E-state index is 0.238. The van der Waals surface area contributed by atoms with Gasteiger partial charge in [0.2, 0.25) is 5.95 Å². The SMILES string of the molecule is CCCCc1c(-c2ccc(OC)cc2)nc(N)nc1-c1cc2ccccc2o1. The third-order valence-corrected chi connectivity index (χ3v) is 4.83. The molecule has 2 aromatic carbocycles. The molecule has 2 aromatic heterocycles. The molecule has 0 spiro atoms. The quantitative estimate of drug-likeness (QED) is 0.484. The monoisotopic (exact) mass is 373 g/mol. The van der Waals surface area contributed by atoms with Crippen LogP contribution < -0.4 is 10.5 Å². The Bertz CT molecular complexity index is 1070. The molecule has 2 heterocycles. The minimum atomic E-state index is 0.238. The highest BCUT2D eigenvalue weighted by molar-refractivity contribution is 5.84. The van der Waals surface area contributed by atoms with Gasteiger partial charge in [-0.15, -0.1) is 0 Å². The lowest BCUT2D eigenvalue weighted by molar-refractivity contribution is 0.415. The largest absolute Gasteiger partial charge is 0.497 e. The number of nitrogens with zero attached hydrogens (tertiary/aromatic N) is 2. The van der Waals surface area contributed by atoms with Gasteiger partial charge in [0.25, 0.3) is 0 Å². The lowest BCUT2D eigenvalue weighted by Crippen LogP contribution is -2.05. The van der Waals surface area contributed by atoms with E-state index >= 15 is 0 Å². The van der Waals surface area contributed by atoms with Crippen LogP contribution in [0.15, 0.2) is 59.0 Å². The number of ether oxygens (including phenoxy) is 1. The Morgan fingerprint density at radius 2 is 1.75 bits per heavy atom. The normalized spacial score (nSPS) is 11.1. The molecular weight excluding hydrogens is 350 g/mol. The fourth-order valence-electron chi connectivity index (χ4n) is 3.38. The predicted octanol–water partition coefficient (Wildman–Crippen LogP) is 5.49. The average Bonchev–Trinajstić information content (AvgIpc) is 3.16. The van der Waals surface area contributed by atoms with Crippen LogP contribution in [0.2, 0.25) is 0 Å². The summed E-state index contributed by atoms with van der Waals surface area (Å²) < 4.78 is 11.4. The summed E-state index contributed by atoms with van der Waals surface area (Å²) in [5.74, 6) is 1.76. The molecule has 0 saturated carbocycles. The van der Waals surface area contributed by atoms with Crippen molar-refractivity contribution in [3.05, 3.63) is 60.2 Å². The van der Waals surface area contributed by atoms with Crippen LogP contribution in [0.25, 0.3) is 33.7 Å². The van der Waals surface area contributed by atoms with Crippen molar-refractivity contribution in [2.75, 3.05) is 12.8 Å². The number of unbranched alkanes of at least 4 members (excludes halogenated alkanes) is 1. The van der Waals surface area contributed by atoms with Crippen molar-refractivity contribution in [3.63, 3.8) is 0 Å². The number of methoxy groups -OCH3 is 1. The molecule has 142 valence electrons. The van der Waals surface area contributed by atoms with Gasteiger partial charge in [-0.2, -0.15) is 0 Å². The molecule has 0 saturated heterocycles. The highest BCUT2D eigenvalue weighted by atomic mass is 16.5. The van der Waals surface area contributed by atoms with E-state index in [0.29, 0.717) is 0 Å². The van der Waals surface area contributed by atoms with Gasteiger partial charge in [-0.3, -0.25) is 0 Å². The van der Waals surface area contributed by atoms with Crippen molar-refractivity contribution in [2.45, 2.75) is 26.2 Å². The zero-order valence-electron chi connectivity index (χ0n) is 16.1. The predicted molar refractivity (Wildman–Crippen MR) is 112 cm³/mol. The first-order chi connectivity index (χ1) is 13.7. The summed E-state index contributed by atoms with van der Waals surface area (Å²) in [7, 11) is 1.66. The Morgan fingerprint density at radius 1 is 1.00 bits per heavy atom. The first-order valence-corrected chi connectivity index (χ1v) is 9.49. The van der Waals surface area contributed by atoms with Crippen molar-refractivity contribution in [1.29, 1.82) is 0 Å². The van der Waals surface area contributed by atoms with E-state index in [9.17, 15) is 0 Å². The van der Waals surface area contributed by atoms with Gasteiger partial charge in [0.05, 0.1) is 12.8 Å². The lowest BCUT2D eigenvalue weighted by Gasteiger charge is -2.13. The zero-order chi connectivity index (χ0) is 19.5. The fourth-order valence-corrected chi connectivity index (χ4v) is 3.38. The van der Waals surface area contributed by atoms with Crippen molar-refractivity contribution >= 4 is 16.9 Å². The van der Waals surface area contributed by atoms with Gasteiger partial charge in [0.1, 0.15) is 17.0 Å². The summed E-state index contributed by atoms with van der Waals surface area (Å²) in [4.78, 5) is 9.14. The molecule has 0 aliphatic carbocycles. The van der Waals surface area contributed by atoms with E-state index in [1.165, 1.54) is 0 Å². The maximum atomic E-state index is 6.09. The Labute approximate surface area is 164 Å². The van der Waals surface area contributed by atoms with Crippen LogP contribution in [0.3, 0.4) is 0 Å². The van der Waals surface area contributed by atoms with E-state index in [-0.39, 0.29) is 5.95 Å². The number of benzene rings is 2. The van der Waals surface area contributed by atoms with E-state index in [1.54, 1.807) is 7.11 Å². The van der Waals surface area contributed by atoms with Crippen LogP contribution in [0.5, 0.6) is 5.75 Å². The maximum absolute atomic E-state index is 6.09. The van der Waals surface area contributed by atoms with Gasteiger partial charge in [-0.05, 0) is 49.2 Å². The van der Waals surface area contributed by atoms with Crippen LogP contribution in [-0.2, 0) is 6.42 Å². The van der Waals surface area contributed by atoms with Gasteiger partial charge in [0, 0.05) is 16.5 Å². The van der Waals surface area contributed by atoms with Crippen LogP contribution in [-0.4, -0.2) is 17.1 Å². The molecule has 4 aromatic rings. The molecule has 0 aliphatic rings. The Morgan fingerprint density at radius 3 is 2.46 bits per heavy atom. The Balaban J connectivity index is 1.90. The zero-order valence-corrected chi connectivity index (χ0v) is 16.1. The van der Waals surface area contributed by atoms with Crippen LogP contribution in [0, 0.1) is 0 Å². The third-order valence-electron chi connectivity index (χ3n) is 4.83. The number of rotatable bonds is 6. The number of para-hydroxylation sites is 1. The number of hydrogen-bond donors (Lipinski definition) is 1. The summed E-state index contributed by atoms with van der Waals surface area (Å²) in [6.45, 7) is 2.17. The summed E-state index contributed by atoms with van der Waals surface area (Å²) >= 11 is 0. The first-order valence-electron chi connectivity index (χ1n) is 9.49. The molecule has 0 fully saturated rings. The number of aromatic nitrogens is 2. The van der Waals surface area contributed by atoms with Crippen LogP contribution >= 0.6 is 0 Å². The molecule has 4 rings (SSSR count). The number of anilines is 1. The second-order valence-electron chi connectivity index (χ2n) is 6.74. The average molecular weight is 373 g/mol. The minimum Gasteiger partial charge on any atom is -0.497 e. The van der Waals surface area contributed by atoms with Crippen molar-refractivity contribution in [1.82, 2.24) is 9.97 Å². The molecule has 2 N–H and O–H groups in total. The van der Waals surface area contributed by atoms with Gasteiger partial charge >= 0.3 is 0 Å². The molecule has 0 unspecified atom stereocenters. The highest BCUT2D eigenvalue weighted by Crippen LogP contribution is 2.35. The molecule has 0 radical (unpaired) electrons. The van der Waals surface area contributed by atoms with Gasteiger partial charge < -0.3 is 14.9 Å². The van der Waals surface area contributed by atoms with Crippen LogP contribution in [0.4, 0.5) is 5.95 Å². The summed E-state index contributed by atoms with van der Waals surface area (Å²) in [6.07, 6.45) is 2.96. The molecule has 0 bridgehead atoms. The van der Waals surface area contributed by atoms with E-state index in [1.807, 2.05) is 54.6 Å². The summed E-state index contributed by atoms with van der Waals surface area (Å²) in [5, 5.41) is 1.04. The Kier molecular flexibility index (Phi) is 4.98. The van der Waals surface area contributed by atoms with Crippen molar-refractivity contribution in [2.24, 2.45) is 0 Å². The second kappa shape index (κ2) is 7.72. The first kappa shape index (κ1) is 18.0. The molecule has 0 aliphatic heterocycles. The molecule has 5 heteroatoms.